The maximum atomic E-state index is 12.9. The van der Waals surface area contributed by atoms with Gasteiger partial charge >= 0.3 is 0 Å². The zero-order valence-corrected chi connectivity index (χ0v) is 16.6. The molecule has 0 fully saturated rings. The summed E-state index contributed by atoms with van der Waals surface area (Å²) in [6, 6.07) is 3.43. The highest BCUT2D eigenvalue weighted by atomic mass is 16.5. The Bertz CT molecular complexity index is 1100. The van der Waals surface area contributed by atoms with Crippen molar-refractivity contribution < 1.29 is 14.3 Å². The van der Waals surface area contributed by atoms with Crippen LogP contribution in [0.5, 0.6) is 11.5 Å². The van der Waals surface area contributed by atoms with E-state index >= 15 is 0 Å². The molecule has 9 heteroatoms. The average molecular weight is 385 g/mol. The first-order chi connectivity index (χ1) is 13.4. The second-order valence-electron chi connectivity index (χ2n) is 6.42. The van der Waals surface area contributed by atoms with Gasteiger partial charge in [0, 0.05) is 30.2 Å². The zero-order valence-electron chi connectivity index (χ0n) is 16.6. The lowest BCUT2D eigenvalue weighted by Gasteiger charge is -2.12. The van der Waals surface area contributed by atoms with Crippen molar-refractivity contribution in [3.63, 3.8) is 0 Å². The Kier molecular flexibility index (Phi) is 5.34. The summed E-state index contributed by atoms with van der Waals surface area (Å²) in [5.74, 6) is 0.443. The maximum Gasteiger partial charge on any atom is 0.279 e. The van der Waals surface area contributed by atoms with Crippen molar-refractivity contribution in [2.45, 2.75) is 26.9 Å². The first kappa shape index (κ1) is 19.4. The average Bonchev–Trinajstić information content (AvgIpc) is 2.92. The van der Waals surface area contributed by atoms with Crippen LogP contribution in [0, 0.1) is 13.8 Å². The van der Waals surface area contributed by atoms with Crippen molar-refractivity contribution in [3.05, 3.63) is 45.6 Å². The molecular weight excluding hydrogens is 362 g/mol. The van der Waals surface area contributed by atoms with Crippen LogP contribution in [-0.4, -0.2) is 39.7 Å². The number of amides is 1. The van der Waals surface area contributed by atoms with Gasteiger partial charge in [-0.15, -0.1) is 0 Å². The molecule has 3 rings (SSSR count). The SMILES string of the molecule is COc1ccc2cnn(CC(=O)NCc3c(C)nn(C)c3C)c(=O)c2c1OC. The lowest BCUT2D eigenvalue weighted by molar-refractivity contribution is -0.122. The van der Waals surface area contributed by atoms with Crippen LogP contribution in [0.25, 0.3) is 10.8 Å². The fourth-order valence-electron chi connectivity index (χ4n) is 3.15. The van der Waals surface area contributed by atoms with E-state index in [4.69, 9.17) is 9.47 Å². The molecule has 9 nitrogen and oxygen atoms in total. The van der Waals surface area contributed by atoms with Crippen LogP contribution < -0.4 is 20.3 Å². The van der Waals surface area contributed by atoms with Crippen LogP contribution in [0.2, 0.25) is 0 Å². The van der Waals surface area contributed by atoms with Crippen LogP contribution in [0.1, 0.15) is 17.0 Å². The molecule has 0 spiro atoms. The fraction of sp³-hybridized carbons (Fsp3) is 0.368. The van der Waals surface area contributed by atoms with E-state index in [9.17, 15) is 9.59 Å². The molecule has 0 radical (unpaired) electrons. The summed E-state index contributed by atoms with van der Waals surface area (Å²) in [6.07, 6.45) is 1.53. The molecule has 0 aliphatic rings. The van der Waals surface area contributed by atoms with Crippen molar-refractivity contribution in [2.24, 2.45) is 7.05 Å². The molecule has 0 aliphatic carbocycles. The Morgan fingerprint density at radius 1 is 1.21 bits per heavy atom. The predicted molar refractivity (Wildman–Crippen MR) is 104 cm³/mol. The van der Waals surface area contributed by atoms with Crippen molar-refractivity contribution in [1.29, 1.82) is 0 Å². The Morgan fingerprint density at radius 2 is 1.96 bits per heavy atom. The summed E-state index contributed by atoms with van der Waals surface area (Å²) in [6.45, 7) is 3.97. The predicted octanol–water partition coefficient (Wildman–Crippen LogP) is 1.08. The van der Waals surface area contributed by atoms with E-state index in [0.29, 0.717) is 28.8 Å². The van der Waals surface area contributed by atoms with Crippen LogP contribution in [0.4, 0.5) is 0 Å². The normalized spacial score (nSPS) is 10.9. The van der Waals surface area contributed by atoms with Gasteiger partial charge in [0.2, 0.25) is 5.91 Å². The first-order valence-corrected chi connectivity index (χ1v) is 8.74. The fourth-order valence-corrected chi connectivity index (χ4v) is 3.15. The summed E-state index contributed by atoms with van der Waals surface area (Å²) in [5.41, 5.74) is 2.38. The van der Waals surface area contributed by atoms with Gasteiger partial charge in [-0.1, -0.05) is 0 Å². The largest absolute Gasteiger partial charge is 0.493 e. The van der Waals surface area contributed by atoms with Crippen LogP contribution in [-0.2, 0) is 24.9 Å². The molecular formula is C19H23N5O4. The second-order valence-corrected chi connectivity index (χ2v) is 6.42. The quantitative estimate of drug-likeness (QED) is 0.682. The molecule has 0 saturated heterocycles. The zero-order chi connectivity index (χ0) is 20.4. The first-order valence-electron chi connectivity index (χ1n) is 8.74. The molecule has 0 atom stereocenters. The number of hydrogen-bond donors (Lipinski definition) is 1. The molecule has 28 heavy (non-hydrogen) atoms. The van der Waals surface area contributed by atoms with Crippen LogP contribution >= 0.6 is 0 Å². The summed E-state index contributed by atoms with van der Waals surface area (Å²) in [5, 5.41) is 12.2. The van der Waals surface area contributed by atoms with Crippen molar-refractivity contribution in [2.75, 3.05) is 14.2 Å². The highest BCUT2D eigenvalue weighted by molar-refractivity contribution is 5.89. The van der Waals surface area contributed by atoms with E-state index < -0.39 is 5.56 Å². The maximum absolute atomic E-state index is 12.9. The van der Waals surface area contributed by atoms with Crippen LogP contribution in [0.15, 0.2) is 23.1 Å². The molecule has 3 aromatic rings. The molecule has 0 bridgehead atoms. The number of benzene rings is 1. The number of carbonyl (C=O) groups excluding carboxylic acids is 1. The number of nitrogens with zero attached hydrogens (tertiary/aromatic N) is 4. The van der Waals surface area contributed by atoms with Gasteiger partial charge < -0.3 is 14.8 Å². The summed E-state index contributed by atoms with van der Waals surface area (Å²) in [7, 11) is 4.82. The van der Waals surface area contributed by atoms with E-state index in [1.165, 1.54) is 20.4 Å². The second kappa shape index (κ2) is 7.71. The Balaban J connectivity index is 1.85. The Hall–Kier alpha value is -3.36. The number of ether oxygens (including phenoxy) is 2. The number of rotatable bonds is 6. The van der Waals surface area contributed by atoms with Crippen LogP contribution in [0.3, 0.4) is 0 Å². The molecule has 2 aromatic heterocycles. The minimum absolute atomic E-state index is 0.201. The lowest BCUT2D eigenvalue weighted by atomic mass is 10.1. The monoisotopic (exact) mass is 385 g/mol. The molecule has 1 aromatic carbocycles. The summed E-state index contributed by atoms with van der Waals surface area (Å²) in [4.78, 5) is 25.3. The standard InChI is InChI=1S/C19H23N5O4/c1-11-14(12(2)23(3)22-11)9-20-16(25)10-24-19(26)17-13(8-21-24)6-7-15(27-4)18(17)28-5/h6-8H,9-10H2,1-5H3,(H,20,25). The summed E-state index contributed by atoms with van der Waals surface area (Å²) >= 11 is 0. The van der Waals surface area contributed by atoms with E-state index in [-0.39, 0.29) is 12.5 Å². The number of methoxy groups -OCH3 is 2. The minimum Gasteiger partial charge on any atom is -0.493 e. The molecule has 0 unspecified atom stereocenters. The molecule has 1 amide bonds. The van der Waals surface area contributed by atoms with E-state index in [1.54, 1.807) is 16.8 Å². The summed E-state index contributed by atoms with van der Waals surface area (Å²) < 4.78 is 13.5. The molecule has 0 aliphatic heterocycles. The van der Waals surface area contributed by atoms with E-state index in [0.717, 1.165) is 21.6 Å². The smallest absolute Gasteiger partial charge is 0.279 e. The Morgan fingerprint density at radius 3 is 2.57 bits per heavy atom. The minimum atomic E-state index is -0.419. The van der Waals surface area contributed by atoms with Gasteiger partial charge in [0.15, 0.2) is 11.5 Å². The van der Waals surface area contributed by atoms with Gasteiger partial charge in [0.25, 0.3) is 5.56 Å². The number of aryl methyl sites for hydroxylation is 2. The third-order valence-electron chi connectivity index (χ3n) is 4.78. The third-order valence-corrected chi connectivity index (χ3v) is 4.78. The number of carbonyl (C=O) groups is 1. The van der Waals surface area contributed by atoms with Crippen molar-refractivity contribution in [1.82, 2.24) is 24.9 Å². The van der Waals surface area contributed by atoms with Crippen molar-refractivity contribution in [3.8, 4) is 11.5 Å². The highest BCUT2D eigenvalue weighted by Gasteiger charge is 2.16. The number of fused-ring (bicyclic) bond motifs is 1. The van der Waals surface area contributed by atoms with Gasteiger partial charge in [0.05, 0.1) is 31.5 Å². The molecule has 0 saturated carbocycles. The van der Waals surface area contributed by atoms with Gasteiger partial charge in [0.1, 0.15) is 6.54 Å². The number of nitrogens with one attached hydrogen (secondary N) is 1. The van der Waals surface area contributed by atoms with E-state index in [2.05, 4.69) is 15.5 Å². The van der Waals surface area contributed by atoms with Gasteiger partial charge in [-0.2, -0.15) is 10.2 Å². The molecule has 1 N–H and O–H groups in total. The highest BCUT2D eigenvalue weighted by Crippen LogP contribution is 2.32. The number of hydrogen-bond acceptors (Lipinski definition) is 6. The van der Waals surface area contributed by atoms with E-state index in [1.807, 2.05) is 20.9 Å². The van der Waals surface area contributed by atoms with Gasteiger partial charge in [-0.3, -0.25) is 14.3 Å². The molecule has 2 heterocycles. The molecule has 148 valence electrons. The lowest BCUT2D eigenvalue weighted by Crippen LogP contribution is -2.33. The topological polar surface area (TPSA) is 100 Å². The van der Waals surface area contributed by atoms with Gasteiger partial charge in [-0.05, 0) is 26.0 Å². The Labute approximate surface area is 161 Å². The van der Waals surface area contributed by atoms with Gasteiger partial charge in [-0.25, -0.2) is 4.68 Å². The number of aromatic nitrogens is 4. The third kappa shape index (κ3) is 3.42. The van der Waals surface area contributed by atoms with Crippen molar-refractivity contribution >= 4 is 16.7 Å².